The van der Waals surface area contributed by atoms with Gasteiger partial charge < -0.3 is 10.1 Å². The molecule has 0 aliphatic carbocycles. The summed E-state index contributed by atoms with van der Waals surface area (Å²) in [6.45, 7) is 1.61. The summed E-state index contributed by atoms with van der Waals surface area (Å²) in [6, 6.07) is 33.4. The Morgan fingerprint density at radius 2 is 1.50 bits per heavy atom. The second-order valence-electron chi connectivity index (χ2n) is 10.6. The van der Waals surface area contributed by atoms with E-state index in [0.29, 0.717) is 32.6 Å². The molecule has 0 saturated carbocycles. The van der Waals surface area contributed by atoms with E-state index in [0.717, 1.165) is 5.56 Å². The van der Waals surface area contributed by atoms with E-state index >= 15 is 0 Å². The number of anilines is 2. The maximum atomic E-state index is 14.0. The largest absolute Gasteiger partial charge is 0.484 e. The molecule has 0 atom stereocenters. The van der Waals surface area contributed by atoms with Crippen LogP contribution in [0.15, 0.2) is 131 Å². The molecule has 0 aliphatic rings. The summed E-state index contributed by atoms with van der Waals surface area (Å²) in [6.07, 6.45) is 1.43. The average Bonchev–Trinajstić information content (AvgIpc) is 3.09. The number of benzene rings is 5. The zero-order valence-electron chi connectivity index (χ0n) is 25.6. The molecule has 0 radical (unpaired) electrons. The monoisotopic (exact) mass is 700 g/mol. The van der Waals surface area contributed by atoms with Gasteiger partial charge >= 0.3 is 0 Å². The average molecular weight is 702 g/mol. The number of hydrazone groups is 1. The number of hydrogen-bond acceptors (Lipinski definition) is 6. The van der Waals surface area contributed by atoms with Crippen LogP contribution in [-0.2, 0) is 21.4 Å². The molecule has 0 bridgehead atoms. The van der Waals surface area contributed by atoms with Crippen molar-refractivity contribution >= 4 is 62.6 Å². The maximum Gasteiger partial charge on any atom is 0.273 e. The highest BCUT2D eigenvalue weighted by Gasteiger charge is 2.28. The van der Waals surface area contributed by atoms with Gasteiger partial charge in [-0.25, -0.2) is 13.8 Å². The molecule has 12 heteroatoms. The Labute approximate surface area is 288 Å². The molecule has 2 amide bonds. The number of amides is 2. The van der Waals surface area contributed by atoms with Gasteiger partial charge in [0.05, 0.1) is 39.6 Å². The first-order valence-corrected chi connectivity index (χ1v) is 16.8. The molecule has 0 saturated heterocycles. The SMILES string of the molecule is Cc1ccc(S(=O)(=O)N(Cc2ccc(Cl)cc2)c2ccccc2C(=O)N/N=C\c2ccc(OCC(=O)Nc3ccccc3Cl)cc2)cc1. The van der Waals surface area contributed by atoms with Crippen LogP contribution in [0.3, 0.4) is 0 Å². The smallest absolute Gasteiger partial charge is 0.273 e. The lowest BCUT2D eigenvalue weighted by Gasteiger charge is -2.26. The molecule has 0 aromatic heterocycles. The molecule has 0 spiro atoms. The van der Waals surface area contributed by atoms with E-state index in [1.807, 2.05) is 6.92 Å². The van der Waals surface area contributed by atoms with Crippen molar-refractivity contribution in [2.24, 2.45) is 5.10 Å². The van der Waals surface area contributed by atoms with Gasteiger partial charge in [0.25, 0.3) is 21.8 Å². The quantitative estimate of drug-likeness (QED) is 0.103. The fraction of sp³-hybridized carbons (Fsp3) is 0.0833. The Morgan fingerprint density at radius 1 is 0.833 bits per heavy atom. The predicted octanol–water partition coefficient (Wildman–Crippen LogP) is 7.48. The highest BCUT2D eigenvalue weighted by molar-refractivity contribution is 7.92. The molecule has 244 valence electrons. The van der Waals surface area contributed by atoms with Gasteiger partial charge in [0.15, 0.2) is 6.61 Å². The minimum atomic E-state index is -4.09. The van der Waals surface area contributed by atoms with Crippen molar-refractivity contribution < 1.29 is 22.7 Å². The van der Waals surface area contributed by atoms with Crippen LogP contribution in [0.25, 0.3) is 0 Å². The zero-order valence-corrected chi connectivity index (χ0v) is 28.0. The van der Waals surface area contributed by atoms with E-state index < -0.39 is 15.9 Å². The Hall–Kier alpha value is -5.16. The lowest BCUT2D eigenvalue weighted by Crippen LogP contribution is -2.33. The van der Waals surface area contributed by atoms with Crippen molar-refractivity contribution in [1.29, 1.82) is 0 Å². The first-order chi connectivity index (χ1) is 23.1. The number of halogens is 2. The number of nitrogens with zero attached hydrogens (tertiary/aromatic N) is 2. The number of carbonyl (C=O) groups excluding carboxylic acids is 2. The lowest BCUT2D eigenvalue weighted by atomic mass is 10.1. The summed E-state index contributed by atoms with van der Waals surface area (Å²) in [7, 11) is -4.09. The number of aryl methyl sites for hydroxylation is 1. The Morgan fingerprint density at radius 3 is 2.21 bits per heavy atom. The number of sulfonamides is 1. The second-order valence-corrected chi connectivity index (χ2v) is 13.3. The van der Waals surface area contributed by atoms with E-state index in [9.17, 15) is 18.0 Å². The van der Waals surface area contributed by atoms with Crippen LogP contribution in [0.2, 0.25) is 10.0 Å². The highest BCUT2D eigenvalue weighted by atomic mass is 35.5. The van der Waals surface area contributed by atoms with Gasteiger partial charge in [-0.1, -0.05) is 77.3 Å². The third kappa shape index (κ3) is 8.80. The molecule has 0 aliphatic heterocycles. The van der Waals surface area contributed by atoms with Crippen molar-refractivity contribution in [2.75, 3.05) is 16.2 Å². The molecule has 2 N–H and O–H groups in total. The highest BCUT2D eigenvalue weighted by Crippen LogP contribution is 2.30. The van der Waals surface area contributed by atoms with Crippen LogP contribution in [0.1, 0.15) is 27.0 Å². The molecule has 5 rings (SSSR count). The van der Waals surface area contributed by atoms with Crippen LogP contribution >= 0.6 is 23.2 Å². The van der Waals surface area contributed by atoms with E-state index in [1.54, 1.807) is 115 Å². The number of para-hydroxylation sites is 2. The fourth-order valence-corrected chi connectivity index (χ4v) is 6.33. The molecule has 48 heavy (non-hydrogen) atoms. The van der Waals surface area contributed by atoms with Gasteiger partial charge in [0, 0.05) is 5.02 Å². The van der Waals surface area contributed by atoms with Gasteiger partial charge in [0.1, 0.15) is 5.75 Å². The third-order valence-corrected chi connectivity index (χ3v) is 9.40. The summed E-state index contributed by atoms with van der Waals surface area (Å²) in [5, 5.41) is 7.71. The summed E-state index contributed by atoms with van der Waals surface area (Å²) in [5.41, 5.74) is 5.51. The summed E-state index contributed by atoms with van der Waals surface area (Å²) >= 11 is 12.1. The van der Waals surface area contributed by atoms with Gasteiger partial charge in [0.2, 0.25) is 0 Å². The van der Waals surface area contributed by atoms with Crippen LogP contribution < -0.4 is 19.8 Å². The van der Waals surface area contributed by atoms with Gasteiger partial charge in [-0.2, -0.15) is 5.10 Å². The lowest BCUT2D eigenvalue weighted by molar-refractivity contribution is -0.118. The minimum absolute atomic E-state index is 0.0446. The summed E-state index contributed by atoms with van der Waals surface area (Å²) in [4.78, 5) is 25.7. The third-order valence-electron chi connectivity index (χ3n) is 7.04. The fourth-order valence-electron chi connectivity index (χ4n) is 4.55. The first-order valence-electron chi connectivity index (χ1n) is 14.6. The Kier molecular flexibility index (Phi) is 11.1. The second kappa shape index (κ2) is 15.6. The van der Waals surface area contributed by atoms with Gasteiger partial charge in [-0.3, -0.25) is 13.9 Å². The predicted molar refractivity (Wildman–Crippen MR) is 190 cm³/mol. The molecule has 5 aromatic carbocycles. The normalized spacial score (nSPS) is 11.2. The van der Waals surface area contributed by atoms with Gasteiger partial charge in [-0.05, 0) is 90.8 Å². The van der Waals surface area contributed by atoms with Gasteiger partial charge in [-0.15, -0.1) is 0 Å². The van der Waals surface area contributed by atoms with Crippen LogP contribution in [0, 0.1) is 6.92 Å². The van der Waals surface area contributed by atoms with E-state index in [-0.39, 0.29) is 35.2 Å². The van der Waals surface area contributed by atoms with Crippen molar-refractivity contribution in [1.82, 2.24) is 5.43 Å². The number of ether oxygens (including phenoxy) is 1. The van der Waals surface area contributed by atoms with E-state index in [2.05, 4.69) is 15.8 Å². The number of rotatable bonds is 12. The molecular formula is C36H30Cl2N4O5S. The molecule has 9 nitrogen and oxygen atoms in total. The maximum absolute atomic E-state index is 14.0. The zero-order chi connectivity index (χ0) is 34.1. The molecule has 0 heterocycles. The number of carbonyl (C=O) groups is 2. The van der Waals surface area contributed by atoms with Crippen molar-refractivity contribution in [3.05, 3.63) is 154 Å². The van der Waals surface area contributed by atoms with E-state index in [1.165, 1.54) is 16.6 Å². The molecular weight excluding hydrogens is 671 g/mol. The number of hydrogen-bond donors (Lipinski definition) is 2. The Bertz CT molecular complexity index is 2040. The summed E-state index contributed by atoms with van der Waals surface area (Å²) in [5.74, 6) is -0.517. The van der Waals surface area contributed by atoms with Crippen LogP contribution in [0.4, 0.5) is 11.4 Å². The number of nitrogens with one attached hydrogen (secondary N) is 2. The molecule has 5 aromatic rings. The minimum Gasteiger partial charge on any atom is -0.484 e. The van der Waals surface area contributed by atoms with Crippen molar-refractivity contribution in [2.45, 2.75) is 18.4 Å². The van der Waals surface area contributed by atoms with Crippen LogP contribution in [0.5, 0.6) is 5.75 Å². The topological polar surface area (TPSA) is 117 Å². The standard InChI is InChI=1S/C36H30Cl2N4O5S/c1-25-10-20-30(21-11-25)48(45,46)42(23-27-12-16-28(37)17-13-27)34-9-5-2-6-31(34)36(44)41-39-22-26-14-18-29(19-15-26)47-24-35(43)40-33-8-4-3-7-32(33)38/h2-22H,23-24H2,1H3,(H,40,43)(H,41,44)/b39-22-. The van der Waals surface area contributed by atoms with E-state index in [4.69, 9.17) is 27.9 Å². The van der Waals surface area contributed by atoms with Crippen molar-refractivity contribution in [3.63, 3.8) is 0 Å². The molecule has 0 unspecified atom stereocenters. The summed E-state index contributed by atoms with van der Waals surface area (Å²) < 4.78 is 34.8. The van der Waals surface area contributed by atoms with Crippen molar-refractivity contribution in [3.8, 4) is 5.75 Å². The van der Waals surface area contributed by atoms with Crippen LogP contribution in [-0.4, -0.2) is 33.1 Å². The Balaban J connectivity index is 1.28. The first kappa shape index (κ1) is 34.2. The molecule has 0 fully saturated rings.